The molecular weight excluding hydrogens is 218 g/mol. The second-order valence-corrected chi connectivity index (χ2v) is 3.89. The summed E-state index contributed by atoms with van der Waals surface area (Å²) >= 11 is 1.43. The van der Waals surface area contributed by atoms with Crippen molar-refractivity contribution in [1.29, 1.82) is 5.26 Å². The van der Waals surface area contributed by atoms with Gasteiger partial charge in [0.15, 0.2) is 0 Å². The van der Waals surface area contributed by atoms with E-state index in [0.717, 1.165) is 23.5 Å². The third kappa shape index (κ3) is 7.00. The number of allylic oxidation sites excluding steroid dienone is 3. The first kappa shape index (κ1) is 14.6. The minimum Gasteiger partial charge on any atom is -0.501 e. The summed E-state index contributed by atoms with van der Waals surface area (Å²) in [6, 6.07) is 2.07. The van der Waals surface area contributed by atoms with E-state index in [-0.39, 0.29) is 0 Å². The van der Waals surface area contributed by atoms with Crippen molar-refractivity contribution < 1.29 is 4.74 Å². The summed E-state index contributed by atoms with van der Waals surface area (Å²) in [7, 11) is 1.67. The van der Waals surface area contributed by atoms with E-state index in [0.29, 0.717) is 5.75 Å². The van der Waals surface area contributed by atoms with Gasteiger partial charge in [0, 0.05) is 11.3 Å². The van der Waals surface area contributed by atoms with Crippen LogP contribution in [-0.4, -0.2) is 12.9 Å². The SMILES string of the molecule is C=C=C(C=CCC(=CCC)OC)SCC#N. The Morgan fingerprint density at radius 3 is 2.81 bits per heavy atom. The Balaban J connectivity index is 4.22. The average Bonchev–Trinajstić information content (AvgIpc) is 2.32. The highest BCUT2D eigenvalue weighted by Crippen LogP contribution is 2.15. The van der Waals surface area contributed by atoms with Crippen LogP contribution in [0.1, 0.15) is 19.8 Å². The lowest BCUT2D eigenvalue weighted by atomic mass is 10.3. The maximum Gasteiger partial charge on any atom is 0.0953 e. The van der Waals surface area contributed by atoms with Crippen LogP contribution in [-0.2, 0) is 4.74 Å². The van der Waals surface area contributed by atoms with Crippen molar-refractivity contribution in [2.75, 3.05) is 12.9 Å². The van der Waals surface area contributed by atoms with Crippen molar-refractivity contribution >= 4 is 11.8 Å². The number of nitrogens with zero attached hydrogens (tertiary/aromatic N) is 1. The monoisotopic (exact) mass is 235 g/mol. The van der Waals surface area contributed by atoms with Crippen LogP contribution >= 0.6 is 11.8 Å². The normalized spacial score (nSPS) is 10.9. The molecule has 0 spiro atoms. The van der Waals surface area contributed by atoms with Gasteiger partial charge >= 0.3 is 0 Å². The molecule has 0 aromatic heterocycles. The van der Waals surface area contributed by atoms with Crippen LogP contribution in [0.15, 0.2) is 41.2 Å². The van der Waals surface area contributed by atoms with Crippen LogP contribution < -0.4 is 0 Å². The van der Waals surface area contributed by atoms with Gasteiger partial charge in [-0.3, -0.25) is 0 Å². The molecule has 0 radical (unpaired) electrons. The molecule has 0 saturated heterocycles. The van der Waals surface area contributed by atoms with Crippen molar-refractivity contribution in [2.45, 2.75) is 19.8 Å². The van der Waals surface area contributed by atoms with Crippen LogP contribution in [0.2, 0.25) is 0 Å². The lowest BCUT2D eigenvalue weighted by Gasteiger charge is -2.01. The number of ether oxygens (including phenoxy) is 1. The summed E-state index contributed by atoms with van der Waals surface area (Å²) < 4.78 is 5.19. The predicted molar refractivity (Wildman–Crippen MR) is 69.9 cm³/mol. The fourth-order valence-electron chi connectivity index (χ4n) is 1.03. The molecule has 0 aliphatic heterocycles. The molecule has 2 nitrogen and oxygen atoms in total. The third-order valence-corrected chi connectivity index (χ3v) is 2.61. The van der Waals surface area contributed by atoms with Crippen LogP contribution in [0.4, 0.5) is 0 Å². The number of methoxy groups -OCH3 is 1. The highest BCUT2D eigenvalue weighted by molar-refractivity contribution is 8.03. The van der Waals surface area contributed by atoms with Crippen LogP contribution in [0, 0.1) is 11.3 Å². The third-order valence-electron chi connectivity index (χ3n) is 1.75. The number of hydrogen-bond acceptors (Lipinski definition) is 3. The van der Waals surface area contributed by atoms with E-state index >= 15 is 0 Å². The minimum atomic E-state index is 0.421. The van der Waals surface area contributed by atoms with Crippen LogP contribution in [0.5, 0.6) is 0 Å². The lowest BCUT2D eigenvalue weighted by Crippen LogP contribution is -1.84. The quantitative estimate of drug-likeness (QED) is 0.382. The van der Waals surface area contributed by atoms with Crippen molar-refractivity contribution in [3.8, 4) is 6.07 Å². The molecule has 0 aliphatic carbocycles. The molecule has 0 fully saturated rings. The molecular formula is C13H17NOS. The van der Waals surface area contributed by atoms with Gasteiger partial charge < -0.3 is 4.74 Å². The molecule has 0 aromatic rings. The highest BCUT2D eigenvalue weighted by Gasteiger charge is 1.93. The molecule has 0 N–H and O–H groups in total. The maximum absolute atomic E-state index is 8.45. The Morgan fingerprint density at radius 2 is 2.31 bits per heavy atom. The number of rotatable bonds is 7. The van der Waals surface area contributed by atoms with E-state index < -0.39 is 0 Å². The van der Waals surface area contributed by atoms with Crippen molar-refractivity contribution in [3.63, 3.8) is 0 Å². The molecule has 0 atom stereocenters. The van der Waals surface area contributed by atoms with Gasteiger partial charge in [0.25, 0.3) is 0 Å². The van der Waals surface area contributed by atoms with E-state index in [1.807, 2.05) is 18.2 Å². The molecule has 0 aromatic carbocycles. The van der Waals surface area contributed by atoms with Gasteiger partial charge in [-0.2, -0.15) is 5.26 Å². The van der Waals surface area contributed by atoms with E-state index in [4.69, 9.17) is 10.00 Å². The predicted octanol–water partition coefficient (Wildman–Crippen LogP) is 3.80. The van der Waals surface area contributed by atoms with E-state index in [2.05, 4.69) is 25.3 Å². The van der Waals surface area contributed by atoms with Gasteiger partial charge in [-0.25, -0.2) is 0 Å². The van der Waals surface area contributed by atoms with Gasteiger partial charge in [0.1, 0.15) is 0 Å². The van der Waals surface area contributed by atoms with Crippen LogP contribution in [0.25, 0.3) is 0 Å². The van der Waals surface area contributed by atoms with E-state index in [1.54, 1.807) is 7.11 Å². The number of hydrogen-bond donors (Lipinski definition) is 0. The molecule has 0 rings (SSSR count). The summed E-state index contributed by atoms with van der Waals surface area (Å²) in [4.78, 5) is 0.883. The molecule has 0 bridgehead atoms. The zero-order chi connectivity index (χ0) is 12.2. The molecule has 0 heterocycles. The summed E-state index contributed by atoms with van der Waals surface area (Å²) in [5.41, 5.74) is 2.79. The fourth-order valence-corrected chi connectivity index (χ4v) is 1.54. The van der Waals surface area contributed by atoms with Crippen LogP contribution in [0.3, 0.4) is 0 Å². The van der Waals surface area contributed by atoms with Gasteiger partial charge in [0.2, 0.25) is 0 Å². The average molecular weight is 235 g/mol. The largest absolute Gasteiger partial charge is 0.501 e. The van der Waals surface area contributed by atoms with Crippen molar-refractivity contribution in [1.82, 2.24) is 0 Å². The smallest absolute Gasteiger partial charge is 0.0953 e. The van der Waals surface area contributed by atoms with Crippen molar-refractivity contribution in [3.05, 3.63) is 41.2 Å². The first-order valence-electron chi connectivity index (χ1n) is 5.07. The summed E-state index contributed by atoms with van der Waals surface area (Å²) in [6.45, 7) is 5.65. The zero-order valence-electron chi connectivity index (χ0n) is 9.82. The highest BCUT2D eigenvalue weighted by atomic mass is 32.2. The van der Waals surface area contributed by atoms with Gasteiger partial charge in [-0.05, 0) is 18.6 Å². The molecule has 0 unspecified atom stereocenters. The molecule has 86 valence electrons. The van der Waals surface area contributed by atoms with Gasteiger partial charge in [-0.1, -0.05) is 19.6 Å². The molecule has 16 heavy (non-hydrogen) atoms. The first-order valence-corrected chi connectivity index (χ1v) is 6.06. The Kier molecular flexibility index (Phi) is 9.30. The topological polar surface area (TPSA) is 33.0 Å². The Hall–Kier alpha value is -1.36. The molecule has 0 amide bonds. The van der Waals surface area contributed by atoms with E-state index in [9.17, 15) is 0 Å². The second-order valence-electron chi connectivity index (χ2n) is 2.88. The fraction of sp³-hybridized carbons (Fsp3) is 0.385. The summed E-state index contributed by atoms with van der Waals surface area (Å²) in [5.74, 6) is 1.37. The van der Waals surface area contributed by atoms with E-state index in [1.165, 1.54) is 11.8 Å². The van der Waals surface area contributed by atoms with Gasteiger partial charge in [0.05, 0.1) is 24.7 Å². The molecule has 0 saturated carbocycles. The number of thioether (sulfide) groups is 1. The zero-order valence-corrected chi connectivity index (χ0v) is 10.6. The second kappa shape index (κ2) is 10.2. The molecule has 0 aliphatic rings. The summed E-state index contributed by atoms with van der Waals surface area (Å²) in [6.07, 6.45) is 7.66. The molecule has 3 heteroatoms. The lowest BCUT2D eigenvalue weighted by molar-refractivity contribution is 0.283. The minimum absolute atomic E-state index is 0.421. The number of nitriles is 1. The van der Waals surface area contributed by atoms with Crippen molar-refractivity contribution in [2.24, 2.45) is 0 Å². The standard InChI is InChI=1S/C13H17NOS/c1-4-7-12(15-3)8-6-9-13(5-2)16-11-10-14/h6-7,9H,2,4,8,11H2,1,3H3. The first-order chi connectivity index (χ1) is 7.78. The Morgan fingerprint density at radius 1 is 1.56 bits per heavy atom. The van der Waals surface area contributed by atoms with Gasteiger partial charge in [-0.15, -0.1) is 17.5 Å². The maximum atomic E-state index is 8.45. The Bertz CT molecular complexity index is 343. The summed E-state index contributed by atoms with van der Waals surface area (Å²) in [5, 5.41) is 8.45. The Labute approximate surface area is 102 Å².